The molecule has 0 radical (unpaired) electrons. The second-order valence-corrected chi connectivity index (χ2v) is 8.69. The highest BCUT2D eigenvalue weighted by molar-refractivity contribution is 7.09. The first-order valence-electron chi connectivity index (χ1n) is 10.1. The van der Waals surface area contributed by atoms with Gasteiger partial charge in [0, 0.05) is 31.1 Å². The molecule has 154 valence electrons. The molecule has 1 fully saturated rings. The largest absolute Gasteiger partial charge is 0.495 e. The fourth-order valence-corrected chi connectivity index (χ4v) is 4.79. The smallest absolute Gasteiger partial charge is 0.169 e. The maximum absolute atomic E-state index is 5.55. The quantitative estimate of drug-likeness (QED) is 0.593. The summed E-state index contributed by atoms with van der Waals surface area (Å²) < 4.78 is 7.51. The molecule has 0 saturated carbocycles. The van der Waals surface area contributed by atoms with Crippen LogP contribution in [0.25, 0.3) is 0 Å². The van der Waals surface area contributed by atoms with E-state index < -0.39 is 0 Å². The van der Waals surface area contributed by atoms with Gasteiger partial charge in [-0.3, -0.25) is 4.90 Å². The van der Waals surface area contributed by atoms with Crippen LogP contribution in [-0.2, 0) is 6.54 Å². The average molecular weight is 413 g/mol. The molecule has 2 aromatic heterocycles. The Morgan fingerprint density at radius 2 is 1.86 bits per heavy atom. The second-order valence-electron chi connectivity index (χ2n) is 7.66. The molecule has 8 heteroatoms. The molecule has 0 spiro atoms. The minimum Gasteiger partial charge on any atom is -0.495 e. The normalized spacial score (nSPS) is 16.3. The van der Waals surface area contributed by atoms with Crippen molar-refractivity contribution in [2.45, 2.75) is 26.4 Å². The summed E-state index contributed by atoms with van der Waals surface area (Å²) in [6.45, 7) is 9.07. The minimum absolute atomic E-state index is 0.199. The molecule has 29 heavy (non-hydrogen) atoms. The fourth-order valence-electron chi connectivity index (χ4n) is 4.10. The van der Waals surface area contributed by atoms with Gasteiger partial charge in [0.15, 0.2) is 5.82 Å². The van der Waals surface area contributed by atoms with E-state index in [2.05, 4.69) is 68.8 Å². The van der Waals surface area contributed by atoms with E-state index in [0.717, 1.165) is 44.3 Å². The molecule has 1 unspecified atom stereocenters. The molecular weight excluding hydrogens is 384 g/mol. The maximum atomic E-state index is 5.55. The van der Waals surface area contributed by atoms with Crippen LogP contribution in [0.4, 0.5) is 5.69 Å². The van der Waals surface area contributed by atoms with Crippen molar-refractivity contribution in [3.05, 3.63) is 52.5 Å². The number of aromatic nitrogens is 4. The maximum Gasteiger partial charge on any atom is 0.169 e. The van der Waals surface area contributed by atoms with E-state index in [1.807, 2.05) is 16.8 Å². The Morgan fingerprint density at radius 3 is 2.55 bits per heavy atom. The third-order valence-corrected chi connectivity index (χ3v) is 6.34. The zero-order chi connectivity index (χ0) is 20.2. The number of anilines is 1. The highest BCUT2D eigenvalue weighted by atomic mass is 32.1. The summed E-state index contributed by atoms with van der Waals surface area (Å²) in [4.78, 5) is 6.19. The molecule has 1 aliphatic heterocycles. The van der Waals surface area contributed by atoms with Crippen LogP contribution < -0.4 is 9.64 Å². The molecule has 3 heterocycles. The van der Waals surface area contributed by atoms with Gasteiger partial charge in [0.2, 0.25) is 0 Å². The summed E-state index contributed by atoms with van der Waals surface area (Å²) in [6, 6.07) is 12.6. The molecule has 1 aromatic carbocycles. The summed E-state index contributed by atoms with van der Waals surface area (Å²) >= 11 is 1.74. The van der Waals surface area contributed by atoms with Crippen molar-refractivity contribution < 1.29 is 4.74 Å². The lowest BCUT2D eigenvalue weighted by Gasteiger charge is -2.41. The van der Waals surface area contributed by atoms with Gasteiger partial charge in [-0.15, -0.1) is 16.4 Å². The van der Waals surface area contributed by atoms with Crippen LogP contribution in [0.3, 0.4) is 0 Å². The molecule has 4 rings (SSSR count). The van der Waals surface area contributed by atoms with Gasteiger partial charge < -0.3 is 9.64 Å². The number of benzene rings is 1. The van der Waals surface area contributed by atoms with Crippen LogP contribution in [0.1, 0.15) is 30.6 Å². The van der Waals surface area contributed by atoms with Crippen LogP contribution in [0.15, 0.2) is 41.8 Å². The fraction of sp³-hybridized carbons (Fsp3) is 0.476. The van der Waals surface area contributed by atoms with Gasteiger partial charge in [-0.2, -0.15) is 0 Å². The van der Waals surface area contributed by atoms with Gasteiger partial charge >= 0.3 is 0 Å². The Balaban J connectivity index is 1.49. The van der Waals surface area contributed by atoms with E-state index in [-0.39, 0.29) is 6.04 Å². The van der Waals surface area contributed by atoms with E-state index in [9.17, 15) is 0 Å². The molecule has 0 amide bonds. The Labute approximate surface area is 175 Å². The molecule has 1 atom stereocenters. The number of hydrogen-bond donors (Lipinski definition) is 0. The van der Waals surface area contributed by atoms with Crippen LogP contribution in [0.5, 0.6) is 5.75 Å². The summed E-state index contributed by atoms with van der Waals surface area (Å²) in [7, 11) is 1.73. The van der Waals surface area contributed by atoms with E-state index in [0.29, 0.717) is 5.92 Å². The molecule has 1 aliphatic rings. The summed E-state index contributed by atoms with van der Waals surface area (Å²) in [6.07, 6.45) is 0. The molecule has 0 aliphatic carbocycles. The van der Waals surface area contributed by atoms with Gasteiger partial charge in [0.1, 0.15) is 5.75 Å². The molecule has 7 nitrogen and oxygen atoms in total. The van der Waals surface area contributed by atoms with Gasteiger partial charge in [-0.25, -0.2) is 4.68 Å². The van der Waals surface area contributed by atoms with Crippen molar-refractivity contribution in [3.63, 3.8) is 0 Å². The Morgan fingerprint density at radius 1 is 1.07 bits per heavy atom. The Bertz CT molecular complexity index is 902. The highest BCUT2D eigenvalue weighted by Gasteiger charge is 2.32. The van der Waals surface area contributed by atoms with E-state index in [1.54, 1.807) is 18.4 Å². The third-order valence-electron chi connectivity index (χ3n) is 5.47. The van der Waals surface area contributed by atoms with Crippen LogP contribution in [0, 0.1) is 5.92 Å². The van der Waals surface area contributed by atoms with E-state index in [1.165, 1.54) is 10.6 Å². The summed E-state index contributed by atoms with van der Waals surface area (Å²) in [5.74, 6) is 2.31. The lowest BCUT2D eigenvalue weighted by atomic mass is 10.0. The number of thiophene rings is 1. The van der Waals surface area contributed by atoms with Gasteiger partial charge in [-0.05, 0) is 39.9 Å². The van der Waals surface area contributed by atoms with Crippen molar-refractivity contribution in [2.75, 3.05) is 38.2 Å². The number of ether oxygens (including phenoxy) is 1. The number of hydrogen-bond acceptors (Lipinski definition) is 7. The standard InChI is InChI=1S/C21H28N6OS/c1-16(2)20(21-22-23-24-27(21)15-17-7-6-14-29-17)26-12-10-25(11-13-26)18-8-4-5-9-19(18)28-3/h4-9,14,16,20H,10-13,15H2,1-3H3. The minimum atomic E-state index is 0.199. The number of rotatable bonds is 7. The molecular formula is C21H28N6OS. The first-order valence-corrected chi connectivity index (χ1v) is 11.0. The predicted molar refractivity (Wildman–Crippen MR) is 116 cm³/mol. The van der Waals surface area contributed by atoms with Crippen molar-refractivity contribution in [1.29, 1.82) is 0 Å². The zero-order valence-corrected chi connectivity index (χ0v) is 18.0. The van der Waals surface area contributed by atoms with Gasteiger partial charge in [0.05, 0.1) is 25.4 Å². The Kier molecular flexibility index (Phi) is 6.10. The number of methoxy groups -OCH3 is 1. The zero-order valence-electron chi connectivity index (χ0n) is 17.2. The summed E-state index contributed by atoms with van der Waals surface area (Å²) in [5, 5.41) is 14.8. The highest BCUT2D eigenvalue weighted by Crippen LogP contribution is 2.32. The monoisotopic (exact) mass is 412 g/mol. The van der Waals surface area contributed by atoms with Crippen molar-refractivity contribution in [2.24, 2.45) is 5.92 Å². The topological polar surface area (TPSA) is 59.3 Å². The molecule has 0 bridgehead atoms. The lowest BCUT2D eigenvalue weighted by molar-refractivity contribution is 0.135. The number of tetrazole rings is 1. The Hall–Kier alpha value is -2.45. The van der Waals surface area contributed by atoms with Gasteiger partial charge in [0.25, 0.3) is 0 Å². The molecule has 1 saturated heterocycles. The van der Waals surface area contributed by atoms with Crippen LogP contribution in [0.2, 0.25) is 0 Å². The van der Waals surface area contributed by atoms with Crippen molar-refractivity contribution in [3.8, 4) is 5.75 Å². The summed E-state index contributed by atoms with van der Waals surface area (Å²) in [5.41, 5.74) is 1.17. The van der Waals surface area contributed by atoms with Crippen LogP contribution in [-0.4, -0.2) is 58.4 Å². The lowest BCUT2D eigenvalue weighted by Crippen LogP contribution is -2.49. The first-order chi connectivity index (χ1) is 14.2. The number of nitrogens with zero attached hydrogens (tertiary/aromatic N) is 6. The van der Waals surface area contributed by atoms with Crippen LogP contribution >= 0.6 is 11.3 Å². The van der Waals surface area contributed by atoms with Crippen molar-refractivity contribution >= 4 is 17.0 Å². The molecule has 0 N–H and O–H groups in total. The average Bonchev–Trinajstić information content (AvgIpc) is 3.41. The predicted octanol–water partition coefficient (Wildman–Crippen LogP) is 3.31. The third kappa shape index (κ3) is 4.28. The van der Waals surface area contributed by atoms with E-state index >= 15 is 0 Å². The molecule has 3 aromatic rings. The van der Waals surface area contributed by atoms with Gasteiger partial charge in [-0.1, -0.05) is 32.0 Å². The van der Waals surface area contributed by atoms with E-state index in [4.69, 9.17) is 4.74 Å². The number of para-hydroxylation sites is 2. The van der Waals surface area contributed by atoms with Crippen molar-refractivity contribution in [1.82, 2.24) is 25.1 Å². The first kappa shape index (κ1) is 19.8. The number of piperazine rings is 1. The second kappa shape index (κ2) is 8.92. The SMILES string of the molecule is COc1ccccc1N1CCN(C(c2nnnn2Cc2cccs2)C(C)C)CC1.